The highest BCUT2D eigenvalue weighted by molar-refractivity contribution is 5.88. The summed E-state index contributed by atoms with van der Waals surface area (Å²) in [4.78, 5) is 14.6. The molecule has 0 aliphatic carbocycles. The molecule has 2 atom stereocenters. The Hall–Kier alpha value is -2.01. The van der Waals surface area contributed by atoms with Crippen molar-refractivity contribution >= 4 is 16.9 Å². The van der Waals surface area contributed by atoms with Gasteiger partial charge in [0.2, 0.25) is 5.91 Å². The first-order valence-electron chi connectivity index (χ1n) is 7.77. The van der Waals surface area contributed by atoms with Crippen molar-refractivity contribution in [1.29, 1.82) is 0 Å². The van der Waals surface area contributed by atoms with E-state index in [1.54, 1.807) is 13.4 Å². The van der Waals surface area contributed by atoms with Gasteiger partial charge in [0, 0.05) is 43.2 Å². The van der Waals surface area contributed by atoms with Gasteiger partial charge in [-0.3, -0.25) is 4.79 Å². The average Bonchev–Trinajstić information content (AvgIpc) is 3.20. The van der Waals surface area contributed by atoms with Gasteiger partial charge in [-0.2, -0.15) is 0 Å². The van der Waals surface area contributed by atoms with Gasteiger partial charge in [-0.1, -0.05) is 0 Å². The van der Waals surface area contributed by atoms with Crippen molar-refractivity contribution in [3.05, 3.63) is 30.0 Å². The van der Waals surface area contributed by atoms with Crippen LogP contribution < -0.4 is 10.1 Å². The fourth-order valence-corrected chi connectivity index (χ4v) is 3.66. The van der Waals surface area contributed by atoms with Gasteiger partial charge < -0.3 is 19.4 Å². The van der Waals surface area contributed by atoms with E-state index in [1.807, 2.05) is 23.1 Å². The normalized spacial score (nSPS) is 24.0. The standard InChI is InChI=1S/C17H20N2O3/c1-21-14-2-3-15-11(10-22-16(15)5-14)4-17(20)19-8-12-6-18-7-13(12)9-19/h2-3,5,10,12-13,18H,4,6-9H2,1H3/t12-,13+. The largest absolute Gasteiger partial charge is 0.497 e. The van der Waals surface area contributed by atoms with E-state index in [0.29, 0.717) is 18.3 Å². The summed E-state index contributed by atoms with van der Waals surface area (Å²) in [5, 5.41) is 4.40. The summed E-state index contributed by atoms with van der Waals surface area (Å²) >= 11 is 0. The number of benzene rings is 1. The number of rotatable bonds is 3. The quantitative estimate of drug-likeness (QED) is 0.937. The number of likely N-dealkylation sites (tertiary alicyclic amines) is 1. The molecule has 2 aromatic rings. The molecular formula is C17H20N2O3. The smallest absolute Gasteiger partial charge is 0.227 e. The fraction of sp³-hybridized carbons (Fsp3) is 0.471. The molecule has 4 rings (SSSR count). The lowest BCUT2D eigenvalue weighted by atomic mass is 10.0. The molecule has 5 heteroatoms. The highest BCUT2D eigenvalue weighted by Crippen LogP contribution is 2.29. The first-order valence-corrected chi connectivity index (χ1v) is 7.77. The fourth-order valence-electron chi connectivity index (χ4n) is 3.66. The number of carbonyl (C=O) groups is 1. The van der Waals surface area contributed by atoms with Crippen molar-refractivity contribution in [2.24, 2.45) is 11.8 Å². The molecule has 1 N–H and O–H groups in total. The number of fused-ring (bicyclic) bond motifs is 2. The predicted octanol–water partition coefficient (Wildman–Crippen LogP) is 1.66. The van der Waals surface area contributed by atoms with Gasteiger partial charge in [0.15, 0.2) is 0 Å². The van der Waals surface area contributed by atoms with Crippen LogP contribution in [-0.2, 0) is 11.2 Å². The summed E-state index contributed by atoms with van der Waals surface area (Å²) in [6.07, 6.45) is 2.10. The molecule has 5 nitrogen and oxygen atoms in total. The number of carbonyl (C=O) groups excluding carboxylic acids is 1. The zero-order valence-corrected chi connectivity index (χ0v) is 12.7. The molecule has 2 saturated heterocycles. The summed E-state index contributed by atoms with van der Waals surface area (Å²) < 4.78 is 10.8. The number of hydrogen-bond acceptors (Lipinski definition) is 4. The third-order valence-corrected chi connectivity index (χ3v) is 4.95. The molecule has 0 unspecified atom stereocenters. The van der Waals surface area contributed by atoms with Crippen LogP contribution in [0.15, 0.2) is 28.9 Å². The summed E-state index contributed by atoms with van der Waals surface area (Å²) in [6.45, 7) is 3.87. The van der Waals surface area contributed by atoms with E-state index in [0.717, 1.165) is 48.5 Å². The monoisotopic (exact) mass is 300 g/mol. The van der Waals surface area contributed by atoms with Crippen LogP contribution in [0, 0.1) is 11.8 Å². The van der Waals surface area contributed by atoms with E-state index in [2.05, 4.69) is 5.32 Å². The lowest BCUT2D eigenvalue weighted by Gasteiger charge is -2.17. The topological polar surface area (TPSA) is 54.7 Å². The number of amides is 1. The van der Waals surface area contributed by atoms with E-state index in [1.165, 1.54) is 0 Å². The van der Waals surface area contributed by atoms with Crippen LogP contribution in [0.5, 0.6) is 5.75 Å². The van der Waals surface area contributed by atoms with E-state index < -0.39 is 0 Å². The summed E-state index contributed by atoms with van der Waals surface area (Å²) in [5.41, 5.74) is 1.72. The molecule has 116 valence electrons. The molecule has 22 heavy (non-hydrogen) atoms. The van der Waals surface area contributed by atoms with Crippen molar-refractivity contribution in [2.45, 2.75) is 6.42 Å². The second-order valence-corrected chi connectivity index (χ2v) is 6.28. The van der Waals surface area contributed by atoms with Crippen LogP contribution in [0.1, 0.15) is 5.56 Å². The number of nitrogens with zero attached hydrogens (tertiary/aromatic N) is 1. The van der Waals surface area contributed by atoms with Crippen molar-refractivity contribution in [2.75, 3.05) is 33.3 Å². The highest BCUT2D eigenvalue weighted by Gasteiger charge is 2.37. The summed E-state index contributed by atoms with van der Waals surface area (Å²) in [6, 6.07) is 5.72. The van der Waals surface area contributed by atoms with Crippen molar-refractivity contribution < 1.29 is 13.9 Å². The summed E-state index contributed by atoms with van der Waals surface area (Å²) in [5.74, 6) is 2.23. The average molecular weight is 300 g/mol. The third-order valence-electron chi connectivity index (χ3n) is 4.95. The minimum Gasteiger partial charge on any atom is -0.497 e. The zero-order valence-electron chi connectivity index (χ0n) is 12.7. The van der Waals surface area contributed by atoms with Crippen LogP contribution in [0.25, 0.3) is 11.0 Å². The Morgan fingerprint density at radius 1 is 1.36 bits per heavy atom. The van der Waals surface area contributed by atoms with Crippen LogP contribution in [0.3, 0.4) is 0 Å². The number of methoxy groups -OCH3 is 1. The van der Waals surface area contributed by atoms with Gasteiger partial charge in [0.05, 0.1) is 19.8 Å². The van der Waals surface area contributed by atoms with Gasteiger partial charge in [0.25, 0.3) is 0 Å². The predicted molar refractivity (Wildman–Crippen MR) is 82.9 cm³/mol. The van der Waals surface area contributed by atoms with E-state index >= 15 is 0 Å². The Bertz CT molecular complexity index is 697. The second kappa shape index (κ2) is 5.32. The SMILES string of the molecule is COc1ccc2c(CC(=O)N3C[C@H]4CNC[C@H]4C3)coc2c1. The minimum atomic E-state index is 0.202. The maximum absolute atomic E-state index is 12.5. The summed E-state index contributed by atoms with van der Waals surface area (Å²) in [7, 11) is 1.63. The first kappa shape index (κ1) is 13.6. The van der Waals surface area contributed by atoms with Crippen LogP contribution in [0.2, 0.25) is 0 Å². The van der Waals surface area contributed by atoms with Crippen LogP contribution in [0.4, 0.5) is 0 Å². The van der Waals surface area contributed by atoms with E-state index in [9.17, 15) is 4.79 Å². The Morgan fingerprint density at radius 3 is 2.86 bits per heavy atom. The molecule has 1 aromatic carbocycles. The number of hydrogen-bond donors (Lipinski definition) is 1. The van der Waals surface area contributed by atoms with Gasteiger partial charge in [-0.05, 0) is 24.0 Å². The maximum atomic E-state index is 12.5. The zero-order chi connectivity index (χ0) is 15.1. The van der Waals surface area contributed by atoms with E-state index in [-0.39, 0.29) is 5.91 Å². The maximum Gasteiger partial charge on any atom is 0.227 e. The Morgan fingerprint density at radius 2 is 2.14 bits per heavy atom. The van der Waals surface area contributed by atoms with Crippen molar-refractivity contribution in [3.63, 3.8) is 0 Å². The molecular weight excluding hydrogens is 280 g/mol. The molecule has 0 saturated carbocycles. The molecule has 0 bridgehead atoms. The Labute approximate surface area is 129 Å². The Balaban J connectivity index is 1.50. The molecule has 0 radical (unpaired) electrons. The third kappa shape index (κ3) is 2.25. The Kier molecular flexibility index (Phi) is 3.30. The van der Waals surface area contributed by atoms with Crippen molar-refractivity contribution in [3.8, 4) is 5.75 Å². The van der Waals surface area contributed by atoms with Crippen molar-refractivity contribution in [1.82, 2.24) is 10.2 Å². The molecule has 2 fully saturated rings. The molecule has 2 aliphatic heterocycles. The van der Waals surface area contributed by atoms with Gasteiger partial charge in [0.1, 0.15) is 11.3 Å². The lowest BCUT2D eigenvalue weighted by molar-refractivity contribution is -0.129. The van der Waals surface area contributed by atoms with Crippen LogP contribution in [-0.4, -0.2) is 44.1 Å². The number of nitrogens with one attached hydrogen (secondary N) is 1. The molecule has 0 spiro atoms. The molecule has 1 amide bonds. The molecule has 2 aliphatic rings. The van der Waals surface area contributed by atoms with Gasteiger partial charge >= 0.3 is 0 Å². The second-order valence-electron chi connectivity index (χ2n) is 6.28. The lowest BCUT2D eigenvalue weighted by Crippen LogP contribution is -2.32. The number of furan rings is 1. The van der Waals surface area contributed by atoms with Crippen LogP contribution >= 0.6 is 0 Å². The first-order chi connectivity index (χ1) is 10.7. The van der Waals surface area contributed by atoms with Gasteiger partial charge in [-0.25, -0.2) is 0 Å². The molecule has 1 aromatic heterocycles. The highest BCUT2D eigenvalue weighted by atomic mass is 16.5. The van der Waals surface area contributed by atoms with E-state index in [4.69, 9.17) is 9.15 Å². The molecule has 3 heterocycles. The minimum absolute atomic E-state index is 0.202. The number of ether oxygens (including phenoxy) is 1. The van der Waals surface area contributed by atoms with Gasteiger partial charge in [-0.15, -0.1) is 0 Å².